The molecule has 18 heavy (non-hydrogen) atoms. The molecule has 0 fully saturated rings. The van der Waals surface area contributed by atoms with Gasteiger partial charge in [0.2, 0.25) is 0 Å². The van der Waals surface area contributed by atoms with Crippen LogP contribution in [0.3, 0.4) is 0 Å². The van der Waals surface area contributed by atoms with Gasteiger partial charge in [-0.2, -0.15) is 0 Å². The predicted molar refractivity (Wildman–Crippen MR) is 66.2 cm³/mol. The summed E-state index contributed by atoms with van der Waals surface area (Å²) in [6.07, 6.45) is 1.32. The van der Waals surface area contributed by atoms with E-state index >= 15 is 0 Å². The van der Waals surface area contributed by atoms with Crippen molar-refractivity contribution in [2.45, 2.75) is 25.3 Å². The normalized spacial score (nSPS) is 12.2. The number of rotatable bonds is 7. The molecule has 1 aromatic carbocycles. The van der Waals surface area contributed by atoms with E-state index in [9.17, 15) is 9.18 Å². The molecule has 1 aromatic rings. The average molecular weight is 255 g/mol. The molecule has 100 valence electrons. The van der Waals surface area contributed by atoms with Gasteiger partial charge in [0.15, 0.2) is 11.6 Å². The molecule has 4 nitrogen and oxygen atoms in total. The molecule has 0 saturated heterocycles. The number of halogens is 1. The number of carbonyl (C=O) groups is 1. The minimum absolute atomic E-state index is 0.0512. The van der Waals surface area contributed by atoms with Crippen LogP contribution in [-0.2, 0) is 4.79 Å². The Bertz CT molecular complexity index is 409. The van der Waals surface area contributed by atoms with Crippen molar-refractivity contribution in [3.05, 3.63) is 29.6 Å². The van der Waals surface area contributed by atoms with Crippen molar-refractivity contribution < 1.29 is 19.0 Å². The van der Waals surface area contributed by atoms with Crippen LogP contribution < -0.4 is 10.1 Å². The lowest BCUT2D eigenvalue weighted by Crippen LogP contribution is -2.17. The Morgan fingerprint density at radius 1 is 1.56 bits per heavy atom. The van der Waals surface area contributed by atoms with Crippen LogP contribution in [0, 0.1) is 5.82 Å². The highest BCUT2D eigenvalue weighted by Gasteiger charge is 2.12. The van der Waals surface area contributed by atoms with Gasteiger partial charge in [0.25, 0.3) is 0 Å². The van der Waals surface area contributed by atoms with E-state index in [0.29, 0.717) is 12.8 Å². The third-order valence-corrected chi connectivity index (χ3v) is 2.81. The van der Waals surface area contributed by atoms with Crippen molar-refractivity contribution in [3.63, 3.8) is 0 Å². The number of carboxylic acid groups (broad SMARTS) is 1. The van der Waals surface area contributed by atoms with E-state index in [4.69, 9.17) is 9.84 Å². The molecule has 0 spiro atoms. The van der Waals surface area contributed by atoms with E-state index in [1.165, 1.54) is 13.2 Å². The number of carboxylic acids is 1. The van der Waals surface area contributed by atoms with Gasteiger partial charge < -0.3 is 15.2 Å². The zero-order valence-electron chi connectivity index (χ0n) is 10.6. The number of methoxy groups -OCH3 is 1. The number of ether oxygens (including phenoxy) is 1. The van der Waals surface area contributed by atoms with Crippen LogP contribution in [0.5, 0.6) is 5.75 Å². The fourth-order valence-electron chi connectivity index (χ4n) is 1.83. The van der Waals surface area contributed by atoms with Gasteiger partial charge >= 0.3 is 5.97 Å². The highest BCUT2D eigenvalue weighted by atomic mass is 19.1. The van der Waals surface area contributed by atoms with Crippen molar-refractivity contribution in [1.29, 1.82) is 0 Å². The SMILES string of the molecule is CNC(CCCC(=O)O)c1ccc(OC)c(F)c1. The van der Waals surface area contributed by atoms with E-state index < -0.39 is 11.8 Å². The molecule has 0 aromatic heterocycles. The molecule has 1 unspecified atom stereocenters. The smallest absolute Gasteiger partial charge is 0.303 e. The summed E-state index contributed by atoms with van der Waals surface area (Å²) in [6.45, 7) is 0. The standard InChI is InChI=1S/C13H18FNO3/c1-15-11(4-3-5-13(16)17)9-6-7-12(18-2)10(14)8-9/h6-8,11,15H,3-5H2,1-2H3,(H,16,17). The Balaban J connectivity index is 2.69. The number of hydrogen-bond acceptors (Lipinski definition) is 3. The van der Waals surface area contributed by atoms with E-state index in [0.717, 1.165) is 5.56 Å². The fourth-order valence-corrected chi connectivity index (χ4v) is 1.83. The Morgan fingerprint density at radius 3 is 2.78 bits per heavy atom. The minimum Gasteiger partial charge on any atom is -0.494 e. The maximum absolute atomic E-state index is 13.6. The zero-order chi connectivity index (χ0) is 13.5. The van der Waals surface area contributed by atoms with E-state index in [1.807, 2.05) is 0 Å². The molecule has 0 heterocycles. The quantitative estimate of drug-likeness (QED) is 0.785. The molecular weight excluding hydrogens is 237 g/mol. The molecule has 1 rings (SSSR count). The lowest BCUT2D eigenvalue weighted by atomic mass is 10.0. The van der Waals surface area contributed by atoms with Crippen molar-refractivity contribution in [2.24, 2.45) is 0 Å². The molecule has 0 saturated carbocycles. The van der Waals surface area contributed by atoms with Gasteiger partial charge in [0.05, 0.1) is 7.11 Å². The Kier molecular flexibility index (Phi) is 5.58. The Labute approximate surface area is 106 Å². The third-order valence-electron chi connectivity index (χ3n) is 2.81. The first kappa shape index (κ1) is 14.4. The van der Waals surface area contributed by atoms with Gasteiger partial charge in [-0.25, -0.2) is 4.39 Å². The van der Waals surface area contributed by atoms with E-state index in [-0.39, 0.29) is 18.2 Å². The van der Waals surface area contributed by atoms with Gasteiger partial charge in [-0.3, -0.25) is 4.79 Å². The maximum atomic E-state index is 13.6. The Hall–Kier alpha value is -1.62. The number of nitrogens with one attached hydrogen (secondary N) is 1. The number of benzene rings is 1. The molecule has 0 radical (unpaired) electrons. The molecule has 0 aliphatic carbocycles. The van der Waals surface area contributed by atoms with E-state index in [2.05, 4.69) is 5.32 Å². The van der Waals surface area contributed by atoms with Gasteiger partial charge in [0.1, 0.15) is 0 Å². The van der Waals surface area contributed by atoms with Crippen LogP contribution in [-0.4, -0.2) is 25.2 Å². The molecule has 0 amide bonds. The molecule has 0 aliphatic rings. The second-order valence-electron chi connectivity index (χ2n) is 4.02. The topological polar surface area (TPSA) is 58.6 Å². The largest absolute Gasteiger partial charge is 0.494 e. The van der Waals surface area contributed by atoms with Crippen LogP contribution in [0.4, 0.5) is 4.39 Å². The summed E-state index contributed by atoms with van der Waals surface area (Å²) in [5.74, 6) is -1.02. The average Bonchev–Trinajstić information content (AvgIpc) is 2.34. The first-order valence-electron chi connectivity index (χ1n) is 5.81. The lowest BCUT2D eigenvalue weighted by Gasteiger charge is -2.16. The van der Waals surface area contributed by atoms with Gasteiger partial charge in [-0.1, -0.05) is 6.07 Å². The highest BCUT2D eigenvalue weighted by molar-refractivity contribution is 5.66. The zero-order valence-corrected chi connectivity index (χ0v) is 10.6. The Morgan fingerprint density at radius 2 is 2.28 bits per heavy atom. The highest BCUT2D eigenvalue weighted by Crippen LogP contribution is 2.24. The summed E-state index contributed by atoms with van der Waals surface area (Å²) < 4.78 is 18.4. The van der Waals surface area contributed by atoms with Crippen molar-refractivity contribution in [2.75, 3.05) is 14.2 Å². The lowest BCUT2D eigenvalue weighted by molar-refractivity contribution is -0.137. The summed E-state index contributed by atoms with van der Waals surface area (Å²) in [7, 11) is 3.19. The summed E-state index contributed by atoms with van der Waals surface area (Å²) in [6, 6.07) is 4.72. The van der Waals surface area contributed by atoms with Crippen molar-refractivity contribution in [1.82, 2.24) is 5.32 Å². The first-order chi connectivity index (χ1) is 8.58. The summed E-state index contributed by atoms with van der Waals surface area (Å²) in [4.78, 5) is 10.4. The maximum Gasteiger partial charge on any atom is 0.303 e. The summed E-state index contributed by atoms with van der Waals surface area (Å²) in [5.41, 5.74) is 0.793. The number of hydrogen-bond donors (Lipinski definition) is 2. The van der Waals surface area contributed by atoms with Gasteiger partial charge in [0, 0.05) is 12.5 Å². The van der Waals surface area contributed by atoms with Crippen LogP contribution in [0.15, 0.2) is 18.2 Å². The van der Waals surface area contributed by atoms with Gasteiger partial charge in [-0.05, 0) is 37.6 Å². The van der Waals surface area contributed by atoms with Crippen LogP contribution in [0.25, 0.3) is 0 Å². The van der Waals surface area contributed by atoms with Crippen molar-refractivity contribution >= 4 is 5.97 Å². The van der Waals surface area contributed by atoms with E-state index in [1.54, 1.807) is 19.2 Å². The molecule has 2 N–H and O–H groups in total. The number of aliphatic carboxylic acids is 1. The first-order valence-corrected chi connectivity index (χ1v) is 5.81. The second-order valence-corrected chi connectivity index (χ2v) is 4.02. The monoisotopic (exact) mass is 255 g/mol. The second kappa shape index (κ2) is 6.96. The summed E-state index contributed by atoms with van der Waals surface area (Å²) in [5, 5.41) is 11.6. The molecule has 5 heteroatoms. The van der Waals surface area contributed by atoms with Gasteiger partial charge in [-0.15, -0.1) is 0 Å². The minimum atomic E-state index is -0.814. The van der Waals surface area contributed by atoms with Crippen molar-refractivity contribution in [3.8, 4) is 5.75 Å². The van der Waals surface area contributed by atoms with Crippen LogP contribution >= 0.6 is 0 Å². The van der Waals surface area contributed by atoms with Crippen LogP contribution in [0.1, 0.15) is 30.9 Å². The molecular formula is C13H18FNO3. The third kappa shape index (κ3) is 4.00. The fraction of sp³-hybridized carbons (Fsp3) is 0.462. The molecule has 1 atom stereocenters. The predicted octanol–water partition coefficient (Wildman–Crippen LogP) is 2.35. The van der Waals surface area contributed by atoms with Crippen LogP contribution in [0.2, 0.25) is 0 Å². The summed E-state index contributed by atoms with van der Waals surface area (Å²) >= 11 is 0. The molecule has 0 bridgehead atoms. The molecule has 0 aliphatic heterocycles.